The number of carboxylic acid groups (broad SMARTS) is 1. The molecule has 1 saturated heterocycles. The lowest BCUT2D eigenvalue weighted by molar-refractivity contribution is -0.138. The van der Waals surface area contributed by atoms with Crippen molar-refractivity contribution in [3.05, 3.63) is 0 Å². The Hall–Kier alpha value is -0.790. The van der Waals surface area contributed by atoms with Gasteiger partial charge in [-0.15, -0.1) is 0 Å². The molecule has 2 N–H and O–H groups in total. The van der Waals surface area contributed by atoms with Crippen molar-refractivity contribution in [2.75, 3.05) is 37.7 Å². The van der Waals surface area contributed by atoms with E-state index in [2.05, 4.69) is 5.32 Å². The molecule has 0 aromatic rings. The average Bonchev–Trinajstić information content (AvgIpc) is 2.39. The molecule has 1 unspecified atom stereocenters. The summed E-state index contributed by atoms with van der Waals surface area (Å²) in [5.74, 6) is 0.883. The predicted octanol–water partition coefficient (Wildman–Crippen LogP) is 0.810. The normalized spacial score (nSPS) is 19.7. The standard InChI is InChI=1S/C14H26N2O4S/c1-11(2)20-6-3-4-15-13(17)9-16-5-7-21-10-12(16)8-14(18)19/h11-12H,3-10H2,1-2H3,(H,15,17)(H,18,19). The van der Waals surface area contributed by atoms with Crippen LogP contribution in [0.15, 0.2) is 0 Å². The Morgan fingerprint density at radius 1 is 1.48 bits per heavy atom. The van der Waals surface area contributed by atoms with Crippen LogP contribution in [0.3, 0.4) is 0 Å². The molecule has 1 fully saturated rings. The molecule has 21 heavy (non-hydrogen) atoms. The maximum absolute atomic E-state index is 11.9. The lowest BCUT2D eigenvalue weighted by Crippen LogP contribution is -2.48. The quantitative estimate of drug-likeness (QED) is 0.613. The van der Waals surface area contributed by atoms with Crippen LogP contribution in [0, 0.1) is 0 Å². The van der Waals surface area contributed by atoms with Gasteiger partial charge in [0.05, 0.1) is 19.1 Å². The largest absolute Gasteiger partial charge is 0.481 e. The van der Waals surface area contributed by atoms with Gasteiger partial charge in [-0.25, -0.2) is 0 Å². The fourth-order valence-corrected chi connectivity index (χ4v) is 3.28. The summed E-state index contributed by atoms with van der Waals surface area (Å²) in [5.41, 5.74) is 0. The molecule has 0 bridgehead atoms. The Labute approximate surface area is 130 Å². The van der Waals surface area contributed by atoms with Crippen LogP contribution >= 0.6 is 11.8 Å². The maximum Gasteiger partial charge on any atom is 0.304 e. The fraction of sp³-hybridized carbons (Fsp3) is 0.857. The number of hydrogen-bond acceptors (Lipinski definition) is 5. The number of nitrogens with zero attached hydrogens (tertiary/aromatic N) is 1. The van der Waals surface area contributed by atoms with Crippen LogP contribution in [0.2, 0.25) is 0 Å². The van der Waals surface area contributed by atoms with Crippen molar-refractivity contribution in [2.24, 2.45) is 0 Å². The highest BCUT2D eigenvalue weighted by Gasteiger charge is 2.26. The van der Waals surface area contributed by atoms with Gasteiger partial charge in [-0.3, -0.25) is 14.5 Å². The molecule has 1 amide bonds. The molecule has 0 radical (unpaired) electrons. The van der Waals surface area contributed by atoms with Crippen LogP contribution in [0.4, 0.5) is 0 Å². The van der Waals surface area contributed by atoms with Gasteiger partial charge in [-0.1, -0.05) is 0 Å². The van der Waals surface area contributed by atoms with Crippen LogP contribution in [0.5, 0.6) is 0 Å². The summed E-state index contributed by atoms with van der Waals surface area (Å²) in [6, 6.07) is -0.0451. The summed E-state index contributed by atoms with van der Waals surface area (Å²) in [6.07, 6.45) is 1.10. The van der Waals surface area contributed by atoms with Gasteiger partial charge in [0.25, 0.3) is 0 Å². The number of nitrogens with one attached hydrogen (secondary N) is 1. The first-order chi connectivity index (χ1) is 9.99. The molecule has 1 aliphatic rings. The van der Waals surface area contributed by atoms with Gasteiger partial charge in [0.15, 0.2) is 0 Å². The summed E-state index contributed by atoms with van der Waals surface area (Å²) in [7, 11) is 0. The second kappa shape index (κ2) is 10.0. The van der Waals surface area contributed by atoms with Crippen molar-refractivity contribution in [1.29, 1.82) is 0 Å². The minimum absolute atomic E-state index is 0.0400. The van der Waals surface area contributed by atoms with E-state index in [9.17, 15) is 9.59 Å². The molecule has 1 heterocycles. The summed E-state index contributed by atoms with van der Waals surface area (Å²) in [5, 5.41) is 11.8. The topological polar surface area (TPSA) is 78.9 Å². The van der Waals surface area contributed by atoms with Gasteiger partial charge in [0.2, 0.25) is 5.91 Å². The molecule has 1 aliphatic heterocycles. The van der Waals surface area contributed by atoms with Crippen molar-refractivity contribution in [2.45, 2.75) is 38.8 Å². The lowest BCUT2D eigenvalue weighted by Gasteiger charge is -2.33. The molecule has 0 saturated carbocycles. The lowest BCUT2D eigenvalue weighted by atomic mass is 10.2. The fourth-order valence-electron chi connectivity index (χ4n) is 2.15. The third-order valence-corrected chi connectivity index (χ3v) is 4.29. The van der Waals surface area contributed by atoms with Crippen molar-refractivity contribution in [3.63, 3.8) is 0 Å². The number of carbonyl (C=O) groups excluding carboxylic acids is 1. The first kappa shape index (κ1) is 18.3. The molecule has 1 atom stereocenters. The average molecular weight is 318 g/mol. The van der Waals surface area contributed by atoms with Gasteiger partial charge in [0.1, 0.15) is 0 Å². The van der Waals surface area contributed by atoms with Crippen molar-refractivity contribution >= 4 is 23.6 Å². The van der Waals surface area contributed by atoms with E-state index in [0.717, 1.165) is 24.5 Å². The van der Waals surface area contributed by atoms with E-state index in [1.54, 1.807) is 11.8 Å². The van der Waals surface area contributed by atoms with Crippen LogP contribution in [-0.2, 0) is 14.3 Å². The smallest absolute Gasteiger partial charge is 0.304 e. The summed E-state index contributed by atoms with van der Waals surface area (Å²) < 4.78 is 5.40. The first-order valence-electron chi connectivity index (χ1n) is 7.41. The van der Waals surface area contributed by atoms with E-state index >= 15 is 0 Å². The molecular weight excluding hydrogens is 292 g/mol. The second-order valence-electron chi connectivity index (χ2n) is 5.42. The number of amides is 1. The van der Waals surface area contributed by atoms with Gasteiger partial charge in [-0.05, 0) is 20.3 Å². The predicted molar refractivity (Wildman–Crippen MR) is 83.7 cm³/mol. The third kappa shape index (κ3) is 8.28. The van der Waals surface area contributed by atoms with Crippen LogP contribution in [0.25, 0.3) is 0 Å². The summed E-state index contributed by atoms with van der Waals surface area (Å²) in [4.78, 5) is 24.7. The van der Waals surface area contributed by atoms with Crippen LogP contribution < -0.4 is 5.32 Å². The minimum Gasteiger partial charge on any atom is -0.481 e. The zero-order valence-corrected chi connectivity index (χ0v) is 13.7. The molecule has 122 valence electrons. The van der Waals surface area contributed by atoms with Crippen molar-refractivity contribution in [1.82, 2.24) is 10.2 Å². The number of thioether (sulfide) groups is 1. The Balaban J connectivity index is 2.23. The molecular formula is C14H26N2O4S. The highest BCUT2D eigenvalue weighted by Crippen LogP contribution is 2.18. The highest BCUT2D eigenvalue weighted by atomic mass is 32.2. The van der Waals surface area contributed by atoms with E-state index in [1.807, 2.05) is 18.7 Å². The molecule has 1 rings (SSSR count). The Morgan fingerprint density at radius 2 is 2.24 bits per heavy atom. The number of aliphatic carboxylic acids is 1. The monoisotopic (exact) mass is 318 g/mol. The van der Waals surface area contributed by atoms with Gasteiger partial charge in [0, 0.05) is 37.2 Å². The number of carboxylic acids is 1. The SMILES string of the molecule is CC(C)OCCCNC(=O)CN1CCSCC1CC(=O)O. The molecule has 0 aliphatic carbocycles. The van der Waals surface area contributed by atoms with Gasteiger partial charge < -0.3 is 15.2 Å². The molecule has 6 nitrogen and oxygen atoms in total. The van der Waals surface area contributed by atoms with Gasteiger partial charge >= 0.3 is 5.97 Å². The van der Waals surface area contributed by atoms with E-state index in [4.69, 9.17) is 9.84 Å². The maximum atomic E-state index is 11.9. The Kier molecular flexibility index (Phi) is 8.72. The Bertz CT molecular complexity index is 339. The van der Waals surface area contributed by atoms with E-state index in [1.165, 1.54) is 0 Å². The van der Waals surface area contributed by atoms with E-state index in [0.29, 0.717) is 13.2 Å². The summed E-state index contributed by atoms with van der Waals surface area (Å²) >= 11 is 1.75. The Morgan fingerprint density at radius 3 is 2.90 bits per heavy atom. The van der Waals surface area contributed by atoms with E-state index < -0.39 is 5.97 Å². The highest BCUT2D eigenvalue weighted by molar-refractivity contribution is 7.99. The molecule has 7 heteroatoms. The van der Waals surface area contributed by atoms with Crippen molar-refractivity contribution in [3.8, 4) is 0 Å². The van der Waals surface area contributed by atoms with Crippen LogP contribution in [-0.4, -0.2) is 71.8 Å². The minimum atomic E-state index is -0.807. The third-order valence-electron chi connectivity index (χ3n) is 3.20. The van der Waals surface area contributed by atoms with Crippen molar-refractivity contribution < 1.29 is 19.4 Å². The number of rotatable bonds is 9. The zero-order valence-electron chi connectivity index (χ0n) is 12.8. The van der Waals surface area contributed by atoms with Gasteiger partial charge in [-0.2, -0.15) is 11.8 Å². The zero-order chi connectivity index (χ0) is 15.7. The second-order valence-corrected chi connectivity index (χ2v) is 6.57. The molecule has 0 aromatic carbocycles. The number of carbonyl (C=O) groups is 2. The molecule has 0 aromatic heterocycles. The summed E-state index contributed by atoms with van der Waals surface area (Å²) in [6.45, 7) is 6.25. The van der Waals surface area contributed by atoms with E-state index in [-0.39, 0.29) is 31.0 Å². The van der Waals surface area contributed by atoms with Crippen LogP contribution in [0.1, 0.15) is 26.7 Å². The first-order valence-corrected chi connectivity index (χ1v) is 8.56. The molecule has 0 spiro atoms. The number of hydrogen-bond donors (Lipinski definition) is 2. The number of ether oxygens (including phenoxy) is 1.